The summed E-state index contributed by atoms with van der Waals surface area (Å²) in [7, 11) is -3.80. The number of ether oxygens (including phenoxy) is 2. The second-order valence-electron chi connectivity index (χ2n) is 6.07. The molecule has 0 amide bonds. The third kappa shape index (κ3) is 2.75. The van der Waals surface area contributed by atoms with E-state index in [0.717, 1.165) is 0 Å². The second-order valence-corrected chi connectivity index (χ2v) is 8.01. The topological polar surface area (TPSA) is 115 Å². The number of fused-ring (bicyclic) bond motifs is 1. The molecule has 2 aliphatic rings. The van der Waals surface area contributed by atoms with Crippen LogP contribution in [0.15, 0.2) is 27.6 Å². The number of aryl methyl sites for hydroxylation is 1. The van der Waals surface area contributed by atoms with Gasteiger partial charge in [0.15, 0.2) is 22.9 Å². The SMILES string of the molecule is Cc1noc([C@@]2(O)CCN(S(=O)(=O)c3ccc4c(c3)OCCO4)C2)n1. The van der Waals surface area contributed by atoms with Crippen LogP contribution in [0.1, 0.15) is 18.1 Å². The molecule has 1 saturated heterocycles. The largest absolute Gasteiger partial charge is 0.486 e. The van der Waals surface area contributed by atoms with Crippen molar-refractivity contribution in [1.82, 2.24) is 14.4 Å². The predicted molar refractivity (Wildman–Crippen MR) is 83.7 cm³/mol. The van der Waals surface area contributed by atoms with E-state index < -0.39 is 15.6 Å². The van der Waals surface area contributed by atoms with Gasteiger partial charge in [-0.3, -0.25) is 0 Å². The maximum Gasteiger partial charge on any atom is 0.260 e. The number of aromatic nitrogens is 2. The molecule has 0 aliphatic carbocycles. The molecule has 25 heavy (non-hydrogen) atoms. The van der Waals surface area contributed by atoms with Crippen LogP contribution >= 0.6 is 0 Å². The highest BCUT2D eigenvalue weighted by Gasteiger charge is 2.46. The third-order valence-electron chi connectivity index (χ3n) is 4.29. The van der Waals surface area contributed by atoms with Crippen LogP contribution in [0.2, 0.25) is 0 Å². The van der Waals surface area contributed by atoms with Gasteiger partial charge in [-0.2, -0.15) is 9.29 Å². The summed E-state index contributed by atoms with van der Waals surface area (Å²) in [5.41, 5.74) is -1.48. The lowest BCUT2D eigenvalue weighted by atomic mass is 10.0. The van der Waals surface area contributed by atoms with Gasteiger partial charge in [-0.05, 0) is 19.1 Å². The van der Waals surface area contributed by atoms with Gasteiger partial charge >= 0.3 is 0 Å². The van der Waals surface area contributed by atoms with Crippen LogP contribution in [-0.2, 0) is 15.6 Å². The monoisotopic (exact) mass is 367 g/mol. The van der Waals surface area contributed by atoms with Crippen LogP contribution in [0.5, 0.6) is 11.5 Å². The number of hydrogen-bond donors (Lipinski definition) is 1. The number of benzene rings is 1. The maximum absolute atomic E-state index is 12.9. The van der Waals surface area contributed by atoms with E-state index in [2.05, 4.69) is 10.1 Å². The van der Waals surface area contributed by atoms with Gasteiger partial charge in [-0.1, -0.05) is 5.16 Å². The fourth-order valence-electron chi connectivity index (χ4n) is 2.96. The Labute approximate surface area is 144 Å². The standard InChI is InChI=1S/C15H17N3O6S/c1-10-16-14(24-17-10)15(19)4-5-18(9-15)25(20,21)11-2-3-12-13(8-11)23-7-6-22-12/h2-3,8,19H,4-7,9H2,1H3/t15-/m1/s1. The van der Waals surface area contributed by atoms with Gasteiger partial charge in [-0.25, -0.2) is 8.42 Å². The number of aliphatic hydroxyl groups is 1. The maximum atomic E-state index is 12.9. The molecule has 1 fully saturated rings. The zero-order valence-corrected chi connectivity index (χ0v) is 14.3. The fourth-order valence-corrected chi connectivity index (χ4v) is 4.47. The molecule has 1 atom stereocenters. The van der Waals surface area contributed by atoms with Crippen LogP contribution in [0.4, 0.5) is 0 Å². The molecule has 0 radical (unpaired) electrons. The molecule has 134 valence electrons. The van der Waals surface area contributed by atoms with Gasteiger partial charge in [0.05, 0.1) is 11.4 Å². The van der Waals surface area contributed by atoms with Gasteiger partial charge in [-0.15, -0.1) is 0 Å². The molecule has 0 saturated carbocycles. The van der Waals surface area contributed by atoms with Crippen molar-refractivity contribution in [2.24, 2.45) is 0 Å². The highest BCUT2D eigenvalue weighted by atomic mass is 32.2. The highest BCUT2D eigenvalue weighted by molar-refractivity contribution is 7.89. The quantitative estimate of drug-likeness (QED) is 0.831. The molecule has 10 heteroatoms. The van der Waals surface area contributed by atoms with Crippen molar-refractivity contribution in [2.75, 3.05) is 26.3 Å². The summed E-state index contributed by atoms with van der Waals surface area (Å²) in [5.74, 6) is 1.33. The smallest absolute Gasteiger partial charge is 0.260 e. The Morgan fingerprint density at radius 2 is 2.00 bits per heavy atom. The number of nitrogens with zero attached hydrogens (tertiary/aromatic N) is 3. The first kappa shape index (κ1) is 16.3. The number of hydrogen-bond acceptors (Lipinski definition) is 8. The molecule has 9 nitrogen and oxygen atoms in total. The lowest BCUT2D eigenvalue weighted by Gasteiger charge is -2.22. The number of sulfonamides is 1. The third-order valence-corrected chi connectivity index (χ3v) is 6.13. The van der Waals surface area contributed by atoms with Crippen molar-refractivity contribution in [3.8, 4) is 11.5 Å². The van der Waals surface area contributed by atoms with E-state index in [1.165, 1.54) is 16.4 Å². The van der Waals surface area contributed by atoms with Crippen LogP contribution in [0, 0.1) is 6.92 Å². The summed E-state index contributed by atoms with van der Waals surface area (Å²) in [6, 6.07) is 4.49. The first-order valence-corrected chi connectivity index (χ1v) is 9.25. The Bertz CT molecular complexity index is 912. The van der Waals surface area contributed by atoms with E-state index in [1.807, 2.05) is 0 Å². The molecule has 3 heterocycles. The molecule has 2 aliphatic heterocycles. The van der Waals surface area contributed by atoms with Crippen molar-refractivity contribution in [3.05, 3.63) is 29.9 Å². The van der Waals surface area contributed by atoms with E-state index in [1.54, 1.807) is 13.0 Å². The number of rotatable bonds is 3. The minimum absolute atomic E-state index is 0.0323. The summed E-state index contributed by atoms with van der Waals surface area (Å²) < 4.78 is 42.9. The Morgan fingerprint density at radius 3 is 2.72 bits per heavy atom. The molecular formula is C15H17N3O6S. The molecule has 1 N–H and O–H groups in total. The predicted octanol–water partition coefficient (Wildman–Crippen LogP) is 0.431. The van der Waals surface area contributed by atoms with E-state index >= 15 is 0 Å². The molecule has 0 bridgehead atoms. The van der Waals surface area contributed by atoms with Crippen molar-refractivity contribution < 1.29 is 27.5 Å². The fraction of sp³-hybridized carbons (Fsp3) is 0.467. The van der Waals surface area contributed by atoms with Gasteiger partial charge in [0, 0.05) is 19.0 Å². The second kappa shape index (κ2) is 5.68. The Morgan fingerprint density at radius 1 is 1.24 bits per heavy atom. The zero-order chi connectivity index (χ0) is 17.7. The average Bonchev–Trinajstić information content (AvgIpc) is 3.22. The molecule has 0 spiro atoms. The normalized spacial score (nSPS) is 23.8. The van der Waals surface area contributed by atoms with Crippen molar-refractivity contribution in [3.63, 3.8) is 0 Å². The van der Waals surface area contributed by atoms with Crippen LogP contribution in [0.25, 0.3) is 0 Å². The minimum atomic E-state index is -3.80. The summed E-state index contributed by atoms with van der Waals surface area (Å²) in [6.07, 6.45) is 0.179. The molecule has 1 aromatic heterocycles. The minimum Gasteiger partial charge on any atom is -0.486 e. The zero-order valence-electron chi connectivity index (χ0n) is 13.5. The van der Waals surface area contributed by atoms with E-state index in [-0.39, 0.29) is 30.3 Å². The lowest BCUT2D eigenvalue weighted by Crippen LogP contribution is -2.34. The number of β-amino-alcohol motifs (C(OH)–C–C–N with tert-alkyl or cyclic N) is 1. The Kier molecular flexibility index (Phi) is 3.71. The molecular weight excluding hydrogens is 350 g/mol. The van der Waals surface area contributed by atoms with E-state index in [4.69, 9.17) is 14.0 Å². The first-order valence-electron chi connectivity index (χ1n) is 7.81. The van der Waals surface area contributed by atoms with E-state index in [9.17, 15) is 13.5 Å². The van der Waals surface area contributed by atoms with Crippen LogP contribution < -0.4 is 9.47 Å². The van der Waals surface area contributed by atoms with E-state index in [0.29, 0.717) is 30.5 Å². The van der Waals surface area contributed by atoms with Gasteiger partial charge in [0.25, 0.3) is 5.89 Å². The van der Waals surface area contributed by atoms with Crippen molar-refractivity contribution >= 4 is 10.0 Å². The molecule has 4 rings (SSSR count). The highest BCUT2D eigenvalue weighted by Crippen LogP contribution is 2.37. The summed E-state index contributed by atoms with van der Waals surface area (Å²) >= 11 is 0. The van der Waals surface area contributed by atoms with Gasteiger partial charge in [0.2, 0.25) is 10.0 Å². The Hall–Kier alpha value is -2.17. The first-order chi connectivity index (χ1) is 11.9. The van der Waals surface area contributed by atoms with Crippen molar-refractivity contribution in [2.45, 2.75) is 23.8 Å². The molecule has 2 aromatic rings. The molecule has 0 unspecified atom stereocenters. The lowest BCUT2D eigenvalue weighted by molar-refractivity contribution is 0.0194. The van der Waals surface area contributed by atoms with Crippen LogP contribution in [-0.4, -0.2) is 54.3 Å². The Balaban J connectivity index is 1.61. The van der Waals surface area contributed by atoms with Gasteiger partial charge < -0.3 is 19.1 Å². The average molecular weight is 367 g/mol. The summed E-state index contributed by atoms with van der Waals surface area (Å²) in [4.78, 5) is 4.11. The molecule has 1 aromatic carbocycles. The summed E-state index contributed by atoms with van der Waals surface area (Å²) in [6.45, 7) is 2.44. The van der Waals surface area contributed by atoms with Gasteiger partial charge in [0.1, 0.15) is 13.2 Å². The van der Waals surface area contributed by atoms with Crippen LogP contribution in [0.3, 0.4) is 0 Å². The summed E-state index contributed by atoms with van der Waals surface area (Å²) in [5, 5.41) is 14.4. The van der Waals surface area contributed by atoms with Crippen molar-refractivity contribution in [1.29, 1.82) is 0 Å².